The van der Waals surface area contributed by atoms with Crippen LogP contribution in [-0.2, 0) is 11.2 Å². The Morgan fingerprint density at radius 3 is 3.00 bits per heavy atom. The van der Waals surface area contributed by atoms with Crippen LogP contribution < -0.4 is 0 Å². The van der Waals surface area contributed by atoms with Gasteiger partial charge in [-0.05, 0) is 54.0 Å². The number of carboxylic acid groups (broad SMARTS) is 1. The van der Waals surface area contributed by atoms with Gasteiger partial charge in [0.1, 0.15) is 6.04 Å². The molecule has 2 fully saturated rings. The lowest BCUT2D eigenvalue weighted by molar-refractivity contribution is -0.142. The first-order valence-corrected chi connectivity index (χ1v) is 8.19. The third-order valence-corrected chi connectivity index (χ3v) is 5.48. The first kappa shape index (κ1) is 13.1. The SMILES string of the molecule is O=C(O)C1CC2CCCCC2N1CCc1ccsc1. The highest BCUT2D eigenvalue weighted by Crippen LogP contribution is 2.39. The van der Waals surface area contributed by atoms with Crippen LogP contribution in [0.5, 0.6) is 0 Å². The van der Waals surface area contributed by atoms with Gasteiger partial charge >= 0.3 is 5.97 Å². The van der Waals surface area contributed by atoms with Crippen molar-refractivity contribution >= 4 is 17.3 Å². The van der Waals surface area contributed by atoms with Crippen molar-refractivity contribution in [3.8, 4) is 0 Å². The van der Waals surface area contributed by atoms with E-state index in [1.165, 1.54) is 31.2 Å². The van der Waals surface area contributed by atoms with Gasteiger partial charge in [-0.1, -0.05) is 12.8 Å². The number of hydrogen-bond donors (Lipinski definition) is 1. The van der Waals surface area contributed by atoms with Crippen LogP contribution in [0.4, 0.5) is 0 Å². The van der Waals surface area contributed by atoms with Gasteiger partial charge < -0.3 is 5.11 Å². The van der Waals surface area contributed by atoms with Crippen molar-refractivity contribution in [2.75, 3.05) is 6.54 Å². The Morgan fingerprint density at radius 2 is 2.26 bits per heavy atom. The van der Waals surface area contributed by atoms with Crippen LogP contribution in [0.3, 0.4) is 0 Å². The predicted molar refractivity (Wildman–Crippen MR) is 76.5 cm³/mol. The normalized spacial score (nSPS) is 31.3. The maximum absolute atomic E-state index is 11.5. The van der Waals surface area contributed by atoms with Crippen LogP contribution in [0.25, 0.3) is 0 Å². The lowest BCUT2D eigenvalue weighted by Crippen LogP contribution is -2.43. The molecule has 4 heteroatoms. The molecule has 0 radical (unpaired) electrons. The fourth-order valence-corrected chi connectivity index (χ4v) is 4.51. The highest BCUT2D eigenvalue weighted by molar-refractivity contribution is 7.07. The molecule has 0 aromatic carbocycles. The fourth-order valence-electron chi connectivity index (χ4n) is 3.81. The predicted octanol–water partition coefficient (Wildman–Crippen LogP) is 3.01. The fraction of sp³-hybridized carbons (Fsp3) is 0.667. The first-order valence-electron chi connectivity index (χ1n) is 7.25. The summed E-state index contributed by atoms with van der Waals surface area (Å²) in [5, 5.41) is 13.7. The highest BCUT2D eigenvalue weighted by Gasteiger charge is 2.44. The van der Waals surface area contributed by atoms with E-state index in [4.69, 9.17) is 0 Å². The van der Waals surface area contributed by atoms with Gasteiger partial charge in [0.05, 0.1) is 0 Å². The van der Waals surface area contributed by atoms with E-state index in [1.54, 1.807) is 11.3 Å². The second-order valence-corrected chi connectivity index (χ2v) is 6.60. The number of likely N-dealkylation sites (tertiary alicyclic amines) is 1. The van der Waals surface area contributed by atoms with E-state index in [2.05, 4.69) is 21.7 Å². The number of nitrogens with zero attached hydrogens (tertiary/aromatic N) is 1. The molecule has 1 saturated carbocycles. The Labute approximate surface area is 118 Å². The summed E-state index contributed by atoms with van der Waals surface area (Å²) in [7, 11) is 0. The monoisotopic (exact) mass is 279 g/mol. The zero-order chi connectivity index (χ0) is 13.2. The largest absolute Gasteiger partial charge is 0.480 e. The number of fused-ring (bicyclic) bond motifs is 1. The van der Waals surface area contributed by atoms with Gasteiger partial charge in [0, 0.05) is 12.6 Å². The first-order chi connectivity index (χ1) is 9.25. The minimum absolute atomic E-state index is 0.244. The highest BCUT2D eigenvalue weighted by atomic mass is 32.1. The van der Waals surface area contributed by atoms with Gasteiger partial charge in [0.25, 0.3) is 0 Å². The molecule has 1 aromatic heterocycles. The molecule has 0 spiro atoms. The Bertz CT molecular complexity index is 431. The Balaban J connectivity index is 1.69. The number of thiophene rings is 1. The van der Waals surface area contributed by atoms with E-state index in [0.717, 1.165) is 19.4 Å². The van der Waals surface area contributed by atoms with Crippen LogP contribution >= 0.6 is 11.3 Å². The van der Waals surface area contributed by atoms with Gasteiger partial charge in [-0.15, -0.1) is 0 Å². The zero-order valence-electron chi connectivity index (χ0n) is 11.1. The molecular formula is C15H21NO2S. The van der Waals surface area contributed by atoms with E-state index < -0.39 is 5.97 Å². The van der Waals surface area contributed by atoms with E-state index in [-0.39, 0.29) is 6.04 Å². The van der Waals surface area contributed by atoms with Crippen LogP contribution in [0.1, 0.15) is 37.7 Å². The van der Waals surface area contributed by atoms with Gasteiger partial charge in [0.2, 0.25) is 0 Å². The summed E-state index contributed by atoms with van der Waals surface area (Å²) >= 11 is 1.72. The van der Waals surface area contributed by atoms with Crippen LogP contribution in [0.15, 0.2) is 16.8 Å². The minimum atomic E-state index is -0.625. The second kappa shape index (κ2) is 5.63. The summed E-state index contributed by atoms with van der Waals surface area (Å²) in [4.78, 5) is 13.8. The van der Waals surface area contributed by atoms with Gasteiger partial charge in [-0.25, -0.2) is 0 Å². The molecule has 3 atom stereocenters. The quantitative estimate of drug-likeness (QED) is 0.921. The average molecular weight is 279 g/mol. The van der Waals surface area contributed by atoms with E-state index >= 15 is 0 Å². The van der Waals surface area contributed by atoms with E-state index in [9.17, 15) is 9.90 Å². The summed E-state index contributed by atoms with van der Waals surface area (Å²) in [6.45, 7) is 0.898. The van der Waals surface area contributed by atoms with Crippen LogP contribution in [-0.4, -0.2) is 34.6 Å². The molecule has 104 valence electrons. The van der Waals surface area contributed by atoms with Crippen molar-refractivity contribution in [1.82, 2.24) is 4.90 Å². The Hall–Kier alpha value is -0.870. The summed E-state index contributed by atoms with van der Waals surface area (Å²) < 4.78 is 0. The topological polar surface area (TPSA) is 40.5 Å². The van der Waals surface area contributed by atoms with Crippen molar-refractivity contribution in [1.29, 1.82) is 0 Å². The lowest BCUT2D eigenvalue weighted by atomic mass is 9.85. The van der Waals surface area contributed by atoms with E-state index in [1.807, 2.05) is 0 Å². The van der Waals surface area contributed by atoms with E-state index in [0.29, 0.717) is 12.0 Å². The molecule has 19 heavy (non-hydrogen) atoms. The van der Waals surface area contributed by atoms with Gasteiger partial charge in [-0.3, -0.25) is 9.69 Å². The third-order valence-electron chi connectivity index (χ3n) is 4.75. The molecule has 0 amide bonds. The molecule has 3 rings (SSSR count). The molecule has 2 aliphatic rings. The van der Waals surface area contributed by atoms with Gasteiger partial charge in [-0.2, -0.15) is 11.3 Å². The summed E-state index contributed by atoms with van der Waals surface area (Å²) in [5.41, 5.74) is 1.34. The Morgan fingerprint density at radius 1 is 1.42 bits per heavy atom. The lowest BCUT2D eigenvalue weighted by Gasteiger charge is -2.32. The molecule has 1 aliphatic heterocycles. The van der Waals surface area contributed by atoms with Crippen LogP contribution in [0.2, 0.25) is 0 Å². The van der Waals surface area contributed by atoms with Crippen molar-refractivity contribution in [2.45, 2.75) is 50.6 Å². The third kappa shape index (κ3) is 2.70. The number of aliphatic carboxylic acids is 1. The van der Waals surface area contributed by atoms with Crippen molar-refractivity contribution in [3.63, 3.8) is 0 Å². The number of carboxylic acids is 1. The minimum Gasteiger partial charge on any atom is -0.480 e. The molecule has 3 unspecified atom stereocenters. The summed E-state index contributed by atoms with van der Waals surface area (Å²) in [6.07, 6.45) is 6.82. The maximum atomic E-state index is 11.5. The van der Waals surface area contributed by atoms with Crippen molar-refractivity contribution < 1.29 is 9.90 Å². The van der Waals surface area contributed by atoms with Crippen molar-refractivity contribution in [3.05, 3.63) is 22.4 Å². The summed E-state index contributed by atoms with van der Waals surface area (Å²) in [6, 6.07) is 2.43. The average Bonchev–Trinajstić information content (AvgIpc) is 3.03. The number of carbonyl (C=O) groups is 1. The molecule has 1 aliphatic carbocycles. The number of hydrogen-bond acceptors (Lipinski definition) is 3. The summed E-state index contributed by atoms with van der Waals surface area (Å²) in [5.74, 6) is -0.00274. The molecule has 0 bridgehead atoms. The second-order valence-electron chi connectivity index (χ2n) is 5.82. The smallest absolute Gasteiger partial charge is 0.320 e. The molecule has 2 heterocycles. The Kier molecular flexibility index (Phi) is 3.89. The molecule has 1 aromatic rings. The maximum Gasteiger partial charge on any atom is 0.320 e. The number of rotatable bonds is 4. The van der Waals surface area contributed by atoms with Crippen molar-refractivity contribution in [2.24, 2.45) is 5.92 Å². The van der Waals surface area contributed by atoms with Crippen LogP contribution in [0, 0.1) is 5.92 Å². The molecule has 1 saturated heterocycles. The zero-order valence-corrected chi connectivity index (χ0v) is 11.9. The molecule has 1 N–H and O–H groups in total. The van der Waals surface area contributed by atoms with Gasteiger partial charge in [0.15, 0.2) is 0 Å². The molecule has 3 nitrogen and oxygen atoms in total. The standard InChI is InChI=1S/C15H21NO2S/c17-15(18)14-9-12-3-1-2-4-13(12)16(14)7-5-11-6-8-19-10-11/h6,8,10,12-14H,1-5,7,9H2,(H,17,18). The molecular weight excluding hydrogens is 258 g/mol.